The predicted octanol–water partition coefficient (Wildman–Crippen LogP) is 0.822. The Kier molecular flexibility index (Phi) is 2.42. The largest absolute Gasteiger partial charge is 0.367 e. The van der Waals surface area contributed by atoms with Gasteiger partial charge < -0.3 is 15.8 Å². The molecule has 0 bridgehead atoms. The molecule has 1 aromatic rings. The standard InChI is InChI=1S/C13H16N2O2/c14-12(16)11-9-3-1-2-4-10(9)13(17-11)5-7-15-8-6-13/h1-4,11,15H,5-8H2,(H2,14,16). The molecule has 4 nitrogen and oxygen atoms in total. The first-order chi connectivity index (χ1) is 8.23. The Morgan fingerprint density at radius 2 is 2.06 bits per heavy atom. The summed E-state index contributed by atoms with van der Waals surface area (Å²) >= 11 is 0. The molecule has 1 atom stereocenters. The first-order valence-corrected chi connectivity index (χ1v) is 6.00. The van der Waals surface area contributed by atoms with Gasteiger partial charge in [0.1, 0.15) is 0 Å². The summed E-state index contributed by atoms with van der Waals surface area (Å²) in [6.07, 6.45) is 1.21. The maximum absolute atomic E-state index is 11.5. The second-order valence-electron chi connectivity index (χ2n) is 4.73. The van der Waals surface area contributed by atoms with Gasteiger partial charge in [0.05, 0.1) is 5.60 Å². The van der Waals surface area contributed by atoms with Crippen molar-refractivity contribution in [3.8, 4) is 0 Å². The Balaban J connectivity index is 2.07. The lowest BCUT2D eigenvalue weighted by Crippen LogP contribution is -2.40. The molecule has 2 aliphatic rings. The predicted molar refractivity (Wildman–Crippen MR) is 63.2 cm³/mol. The van der Waals surface area contributed by atoms with Crippen LogP contribution >= 0.6 is 0 Å². The van der Waals surface area contributed by atoms with Gasteiger partial charge in [-0.1, -0.05) is 24.3 Å². The van der Waals surface area contributed by atoms with Crippen molar-refractivity contribution in [1.82, 2.24) is 5.32 Å². The van der Waals surface area contributed by atoms with Crippen LogP contribution in [0.2, 0.25) is 0 Å². The number of piperidine rings is 1. The SMILES string of the molecule is NC(=O)C1OC2(CCNCC2)c2ccccc21. The summed E-state index contributed by atoms with van der Waals surface area (Å²) in [4.78, 5) is 11.5. The number of primary amides is 1. The molecule has 1 amide bonds. The van der Waals surface area contributed by atoms with Gasteiger partial charge in [0.25, 0.3) is 5.91 Å². The van der Waals surface area contributed by atoms with Crippen molar-refractivity contribution in [1.29, 1.82) is 0 Å². The molecule has 0 aliphatic carbocycles. The highest BCUT2D eigenvalue weighted by Gasteiger charge is 2.46. The number of nitrogens with one attached hydrogen (secondary N) is 1. The Morgan fingerprint density at radius 1 is 1.35 bits per heavy atom. The molecule has 1 spiro atoms. The normalized spacial score (nSPS) is 25.8. The number of rotatable bonds is 1. The molecular formula is C13H16N2O2. The van der Waals surface area contributed by atoms with E-state index in [0.29, 0.717) is 0 Å². The number of hydrogen-bond donors (Lipinski definition) is 2. The number of benzene rings is 1. The molecule has 1 unspecified atom stereocenters. The lowest BCUT2D eigenvalue weighted by Gasteiger charge is -2.34. The summed E-state index contributed by atoms with van der Waals surface area (Å²) in [7, 11) is 0. The van der Waals surface area contributed by atoms with Gasteiger partial charge in [-0.2, -0.15) is 0 Å². The zero-order valence-corrected chi connectivity index (χ0v) is 9.61. The molecule has 3 N–H and O–H groups in total. The summed E-state index contributed by atoms with van der Waals surface area (Å²) < 4.78 is 6.01. The van der Waals surface area contributed by atoms with E-state index in [2.05, 4.69) is 11.4 Å². The van der Waals surface area contributed by atoms with Crippen molar-refractivity contribution in [2.45, 2.75) is 24.5 Å². The number of carbonyl (C=O) groups is 1. The summed E-state index contributed by atoms with van der Waals surface area (Å²) in [5.74, 6) is -0.396. The lowest BCUT2D eigenvalue weighted by molar-refractivity contribution is -0.144. The summed E-state index contributed by atoms with van der Waals surface area (Å²) in [6.45, 7) is 1.83. The van der Waals surface area contributed by atoms with Gasteiger partial charge in [0.2, 0.25) is 0 Å². The van der Waals surface area contributed by atoms with Crippen LogP contribution in [-0.4, -0.2) is 19.0 Å². The average Bonchev–Trinajstić information content (AvgIpc) is 2.66. The lowest BCUT2D eigenvalue weighted by atomic mass is 9.84. The monoisotopic (exact) mass is 232 g/mol. The number of fused-ring (bicyclic) bond motifs is 2. The van der Waals surface area contributed by atoms with Gasteiger partial charge in [-0.25, -0.2) is 0 Å². The van der Waals surface area contributed by atoms with Crippen molar-refractivity contribution < 1.29 is 9.53 Å². The highest BCUT2D eigenvalue weighted by atomic mass is 16.5. The number of carbonyl (C=O) groups excluding carboxylic acids is 1. The van der Waals surface area contributed by atoms with E-state index in [-0.39, 0.29) is 5.60 Å². The third-order valence-electron chi connectivity index (χ3n) is 3.75. The highest BCUT2D eigenvalue weighted by Crippen LogP contribution is 2.48. The molecule has 0 aromatic heterocycles. The fraction of sp³-hybridized carbons (Fsp3) is 0.462. The van der Waals surface area contributed by atoms with Gasteiger partial charge in [-0.15, -0.1) is 0 Å². The molecule has 0 saturated carbocycles. The molecular weight excluding hydrogens is 216 g/mol. The number of amides is 1. The van der Waals surface area contributed by atoms with Gasteiger partial charge in [0.15, 0.2) is 6.10 Å². The van der Waals surface area contributed by atoms with Crippen LogP contribution < -0.4 is 11.1 Å². The van der Waals surface area contributed by atoms with Crippen LogP contribution in [0, 0.1) is 0 Å². The van der Waals surface area contributed by atoms with Crippen molar-refractivity contribution in [2.75, 3.05) is 13.1 Å². The Labute approximate surface area is 100 Å². The van der Waals surface area contributed by atoms with Gasteiger partial charge in [-0.3, -0.25) is 4.79 Å². The fourth-order valence-electron chi connectivity index (χ4n) is 2.92. The highest BCUT2D eigenvalue weighted by molar-refractivity contribution is 5.82. The average molecular weight is 232 g/mol. The zero-order chi connectivity index (χ0) is 11.9. The number of ether oxygens (including phenoxy) is 1. The summed E-state index contributed by atoms with van der Waals surface area (Å²) in [5, 5.41) is 3.31. The van der Waals surface area contributed by atoms with E-state index in [1.165, 1.54) is 0 Å². The maximum Gasteiger partial charge on any atom is 0.251 e. The van der Waals surface area contributed by atoms with Gasteiger partial charge in [0, 0.05) is 0 Å². The van der Waals surface area contributed by atoms with Gasteiger partial charge >= 0.3 is 0 Å². The molecule has 2 aliphatic heterocycles. The molecule has 1 aromatic carbocycles. The van der Waals surface area contributed by atoms with Crippen molar-refractivity contribution in [3.63, 3.8) is 0 Å². The Bertz CT molecular complexity index is 452. The zero-order valence-electron chi connectivity index (χ0n) is 9.61. The van der Waals surface area contributed by atoms with Crippen LogP contribution in [0.15, 0.2) is 24.3 Å². The topological polar surface area (TPSA) is 64.4 Å². The smallest absolute Gasteiger partial charge is 0.251 e. The first kappa shape index (κ1) is 10.7. The van der Waals surface area contributed by atoms with E-state index >= 15 is 0 Å². The first-order valence-electron chi connectivity index (χ1n) is 6.00. The molecule has 1 saturated heterocycles. The van der Waals surface area contributed by atoms with E-state index in [9.17, 15) is 4.79 Å². The van der Waals surface area contributed by atoms with Crippen LogP contribution in [0.3, 0.4) is 0 Å². The number of hydrogen-bond acceptors (Lipinski definition) is 3. The van der Waals surface area contributed by atoms with E-state index in [1.54, 1.807) is 0 Å². The van der Waals surface area contributed by atoms with Crippen molar-refractivity contribution >= 4 is 5.91 Å². The minimum atomic E-state index is -0.579. The second-order valence-corrected chi connectivity index (χ2v) is 4.73. The minimum Gasteiger partial charge on any atom is -0.367 e. The molecule has 0 radical (unpaired) electrons. The third kappa shape index (κ3) is 1.56. The molecule has 2 heterocycles. The molecule has 1 fully saturated rings. The van der Waals surface area contributed by atoms with E-state index in [0.717, 1.165) is 37.1 Å². The molecule has 4 heteroatoms. The molecule has 17 heavy (non-hydrogen) atoms. The van der Waals surface area contributed by atoms with Crippen LogP contribution in [-0.2, 0) is 15.1 Å². The quantitative estimate of drug-likeness (QED) is 0.753. The Hall–Kier alpha value is -1.39. The van der Waals surface area contributed by atoms with Crippen LogP contribution in [0.5, 0.6) is 0 Å². The summed E-state index contributed by atoms with van der Waals surface area (Å²) in [6, 6.07) is 7.93. The fourth-order valence-corrected chi connectivity index (χ4v) is 2.92. The second kappa shape index (κ2) is 3.82. The Morgan fingerprint density at radius 3 is 2.76 bits per heavy atom. The maximum atomic E-state index is 11.5. The van der Waals surface area contributed by atoms with Gasteiger partial charge in [-0.05, 0) is 37.1 Å². The van der Waals surface area contributed by atoms with E-state index in [4.69, 9.17) is 10.5 Å². The summed E-state index contributed by atoms with van der Waals surface area (Å²) in [5.41, 5.74) is 7.21. The molecule has 3 rings (SSSR count). The van der Waals surface area contributed by atoms with E-state index < -0.39 is 12.0 Å². The number of nitrogens with two attached hydrogens (primary N) is 1. The van der Waals surface area contributed by atoms with Crippen molar-refractivity contribution in [2.24, 2.45) is 5.73 Å². The van der Waals surface area contributed by atoms with Crippen LogP contribution in [0.25, 0.3) is 0 Å². The minimum absolute atomic E-state index is 0.304. The van der Waals surface area contributed by atoms with Crippen LogP contribution in [0.1, 0.15) is 30.1 Å². The third-order valence-corrected chi connectivity index (χ3v) is 3.75. The van der Waals surface area contributed by atoms with Crippen LogP contribution in [0.4, 0.5) is 0 Å². The molecule has 90 valence electrons. The van der Waals surface area contributed by atoms with E-state index in [1.807, 2.05) is 18.2 Å². The van der Waals surface area contributed by atoms with Crippen molar-refractivity contribution in [3.05, 3.63) is 35.4 Å².